The van der Waals surface area contributed by atoms with Gasteiger partial charge < -0.3 is 160 Å². The second-order valence-electron chi connectivity index (χ2n) is 25.3. The van der Waals surface area contributed by atoms with Gasteiger partial charge in [-0.15, -0.1) is 0 Å². The number of ether oxygens (including phenoxy) is 15. The highest BCUT2D eigenvalue weighted by atomic mass is 16.7. The van der Waals surface area contributed by atoms with Crippen LogP contribution >= 0.6 is 0 Å². The largest absolute Gasteiger partial charge is 0.394 e. The van der Waals surface area contributed by atoms with Gasteiger partial charge >= 0.3 is 0 Å². The summed E-state index contributed by atoms with van der Waals surface area (Å²) in [4.78, 5) is 102. The zero-order valence-corrected chi connectivity index (χ0v) is 62.1. The molecule has 0 radical (unpaired) electrons. The van der Waals surface area contributed by atoms with Crippen LogP contribution < -0.4 is 42.5 Å². The van der Waals surface area contributed by atoms with E-state index in [9.17, 15) is 84.3 Å². The molecule has 40 nitrogen and oxygen atoms in total. The minimum atomic E-state index is -1.47. The van der Waals surface area contributed by atoms with E-state index in [1.807, 2.05) is 0 Å². The number of amides is 8. The monoisotopic (exact) mass is 1550 g/mol. The summed E-state index contributed by atoms with van der Waals surface area (Å²) in [5, 5.41) is 112. The number of unbranched alkanes of at least 4 members (excludes halogenated alkanes) is 6. The number of nitrogens with one attached hydrogen (secondary N) is 8. The zero-order valence-electron chi connectivity index (χ0n) is 62.1. The van der Waals surface area contributed by atoms with Crippen LogP contribution in [0.25, 0.3) is 0 Å². The van der Waals surface area contributed by atoms with Crippen LogP contribution in [0.5, 0.6) is 0 Å². The molecule has 3 saturated heterocycles. The van der Waals surface area contributed by atoms with Crippen LogP contribution in [-0.2, 0) is 109 Å². The van der Waals surface area contributed by atoms with E-state index in [1.54, 1.807) is 0 Å². The van der Waals surface area contributed by atoms with E-state index in [4.69, 9.17) is 71.1 Å². The van der Waals surface area contributed by atoms with E-state index < -0.39 is 172 Å². The molecular weight excluding hydrogens is 1430 g/mol. The summed E-state index contributed by atoms with van der Waals surface area (Å²) in [6, 6.07) is -5.42. The van der Waals surface area contributed by atoms with Crippen molar-refractivity contribution in [2.45, 2.75) is 202 Å². The third kappa shape index (κ3) is 41.1. The minimum Gasteiger partial charge on any atom is -0.394 e. The third-order valence-electron chi connectivity index (χ3n) is 16.6. The molecule has 0 aromatic heterocycles. The molecule has 0 spiro atoms. The van der Waals surface area contributed by atoms with Gasteiger partial charge in [0.25, 0.3) is 0 Å². The average molecular weight is 1550 g/mol. The van der Waals surface area contributed by atoms with Crippen LogP contribution in [0, 0.1) is 0 Å². The van der Waals surface area contributed by atoms with Crippen LogP contribution in [-0.4, -0.2) is 375 Å². The van der Waals surface area contributed by atoms with E-state index in [0.717, 1.165) is 32.1 Å². The Morgan fingerprint density at radius 2 is 0.626 bits per heavy atom. The van der Waals surface area contributed by atoms with Crippen LogP contribution in [0.3, 0.4) is 0 Å². The molecule has 3 heterocycles. The van der Waals surface area contributed by atoms with Gasteiger partial charge in [0.2, 0.25) is 47.3 Å². The molecule has 0 unspecified atom stereocenters. The summed E-state index contributed by atoms with van der Waals surface area (Å²) >= 11 is 0. The summed E-state index contributed by atoms with van der Waals surface area (Å²) in [6.07, 6.45) is -9.02. The first-order valence-electron chi connectivity index (χ1n) is 36.7. The zero-order chi connectivity index (χ0) is 78.6. The maximum absolute atomic E-state index is 14.2. The Balaban J connectivity index is 1.44. The quantitative estimate of drug-likeness (QED) is 0.0252. The number of aliphatic hydroxyl groups is 9. The summed E-state index contributed by atoms with van der Waals surface area (Å²) in [5.41, 5.74) is 0. The molecule has 0 aliphatic carbocycles. The summed E-state index contributed by atoms with van der Waals surface area (Å²) < 4.78 is 82.9. The van der Waals surface area contributed by atoms with Crippen molar-refractivity contribution in [3.63, 3.8) is 0 Å². The van der Waals surface area contributed by atoms with Crippen LogP contribution in [0.4, 0.5) is 0 Å². The lowest BCUT2D eigenvalue weighted by Crippen LogP contribution is -2.64. The second-order valence-corrected chi connectivity index (χ2v) is 25.3. The van der Waals surface area contributed by atoms with Crippen molar-refractivity contribution in [1.29, 1.82) is 0 Å². The van der Waals surface area contributed by atoms with Gasteiger partial charge in [-0.25, -0.2) is 0 Å². The molecule has 0 aromatic carbocycles. The maximum atomic E-state index is 14.2. The lowest BCUT2D eigenvalue weighted by atomic mass is 9.97. The van der Waals surface area contributed by atoms with Crippen LogP contribution in [0.15, 0.2) is 0 Å². The first kappa shape index (κ1) is 96.0. The summed E-state index contributed by atoms with van der Waals surface area (Å²) in [7, 11) is 0. The number of carbonyl (C=O) groups is 8. The lowest BCUT2D eigenvalue weighted by molar-refractivity contribution is -0.272. The standard InChI is InChI=1S/C67H122N8O32/c1-5-6-7-8-11-18-70-63(91)46(14-9-12-16-68-51(82)40-99-28-25-93-19-22-96-31-34-102-65-54(71-43(2)79)60(88)57(85)48(37-76)105-65)75-64(92)47(74-53(84)42-101-30-27-95-21-24-98-33-36-104-67-56(73-45(4)81)62(90)59(87)50(39-78)107-67)15-10-13-17-69-52(83)41-100-29-26-94-20-23-97-32-35-103-66-55(72-44(3)80)61(89)58(86)49(38-77)106-66/h46-50,54-62,65-67,76-78,85-90H,5-42H2,1-4H3,(H,68,82)(H,69,83)(H,70,91)(H,71,79)(H,72,80)(H,73,81)(H,74,84)(H,75,92)/t46-,47-,48+,49+,50+,54+,55+,56+,57-,58-,59-,60+,61+,62+,65+,66+,67+/m0/s1. The van der Waals surface area contributed by atoms with Gasteiger partial charge in [0.15, 0.2) is 18.9 Å². The Morgan fingerprint density at radius 3 is 0.953 bits per heavy atom. The molecule has 0 bridgehead atoms. The fraction of sp³-hybridized carbons (Fsp3) is 0.881. The number of carbonyl (C=O) groups excluding carboxylic acids is 8. The molecule has 3 aliphatic heterocycles. The molecule has 17 N–H and O–H groups in total. The SMILES string of the molecule is CCCCCCCNC(=O)[C@H](CCCCNC(=O)COCCOCCOCCO[C@@H]1O[C@H](CO)[C@H](O)[C@H](O)[C@H]1NC(C)=O)NC(=O)[C@H](CCCCNC(=O)COCCOCCOCCO[C@@H]1O[C@H](CO)[C@H](O)[C@H](O)[C@H]1NC(C)=O)NC(=O)COCCOCCOCCO[C@@H]1O[C@H](CO)[C@H](O)[C@H](O)[C@H]1NC(C)=O. The molecule has 0 saturated carbocycles. The lowest BCUT2D eigenvalue weighted by Gasteiger charge is -2.42. The second kappa shape index (κ2) is 58.7. The first-order valence-corrected chi connectivity index (χ1v) is 36.7. The Bertz CT molecular complexity index is 2440. The van der Waals surface area contributed by atoms with Gasteiger partial charge in [-0.2, -0.15) is 0 Å². The highest BCUT2D eigenvalue weighted by Gasteiger charge is 2.48. The molecule has 0 aromatic rings. The van der Waals surface area contributed by atoms with Crippen molar-refractivity contribution in [2.24, 2.45) is 0 Å². The Hall–Kier alpha value is -5.20. The number of hydrogen-bond acceptors (Lipinski definition) is 32. The van der Waals surface area contributed by atoms with E-state index >= 15 is 0 Å². The van der Waals surface area contributed by atoms with Crippen molar-refractivity contribution in [2.75, 3.05) is 178 Å². The van der Waals surface area contributed by atoms with Crippen molar-refractivity contribution in [1.82, 2.24) is 42.5 Å². The highest BCUT2D eigenvalue weighted by molar-refractivity contribution is 5.92. The van der Waals surface area contributed by atoms with E-state index in [2.05, 4.69) is 49.5 Å². The fourth-order valence-corrected chi connectivity index (χ4v) is 10.9. The van der Waals surface area contributed by atoms with Crippen molar-refractivity contribution in [3.8, 4) is 0 Å². The Labute approximate surface area is 623 Å². The normalized spacial score (nSPS) is 24.9. The Morgan fingerprint density at radius 1 is 0.336 bits per heavy atom. The summed E-state index contributed by atoms with van der Waals surface area (Å²) in [5.74, 6) is -3.96. The third-order valence-corrected chi connectivity index (χ3v) is 16.6. The van der Waals surface area contributed by atoms with Gasteiger partial charge in [0.05, 0.1) is 139 Å². The number of hydrogen-bond donors (Lipinski definition) is 17. The maximum Gasteiger partial charge on any atom is 0.246 e. The smallest absolute Gasteiger partial charge is 0.246 e. The predicted molar refractivity (Wildman–Crippen MR) is 371 cm³/mol. The van der Waals surface area contributed by atoms with E-state index in [1.165, 1.54) is 20.8 Å². The van der Waals surface area contributed by atoms with Crippen molar-refractivity contribution in [3.05, 3.63) is 0 Å². The molecule has 3 aliphatic rings. The Kier molecular flexibility index (Phi) is 52.6. The van der Waals surface area contributed by atoms with E-state index in [0.29, 0.717) is 32.2 Å². The summed E-state index contributed by atoms with van der Waals surface area (Å²) in [6.45, 7) is 5.50. The highest BCUT2D eigenvalue weighted by Crippen LogP contribution is 2.25. The number of rotatable bonds is 62. The van der Waals surface area contributed by atoms with E-state index in [-0.39, 0.29) is 164 Å². The molecule has 3 rings (SSSR count). The van der Waals surface area contributed by atoms with Crippen molar-refractivity contribution >= 4 is 47.3 Å². The first-order chi connectivity index (χ1) is 51.6. The van der Waals surface area contributed by atoms with Gasteiger partial charge in [-0.1, -0.05) is 32.6 Å². The number of aliphatic hydroxyl groups excluding tert-OH is 9. The molecule has 3 fully saturated rings. The topological polar surface area (TPSA) is 553 Å². The molecule has 40 heteroatoms. The molecule has 622 valence electrons. The fourth-order valence-electron chi connectivity index (χ4n) is 10.9. The van der Waals surface area contributed by atoms with Crippen molar-refractivity contribution < 1.29 is 155 Å². The van der Waals surface area contributed by atoms with Crippen LogP contribution in [0.1, 0.15) is 98.3 Å². The molecule has 107 heavy (non-hydrogen) atoms. The average Bonchev–Trinajstić information content (AvgIpc) is 0.807. The van der Waals surface area contributed by atoms with Crippen LogP contribution in [0.2, 0.25) is 0 Å². The minimum absolute atomic E-state index is 0.00713. The molecule has 17 atom stereocenters. The van der Waals surface area contributed by atoms with Gasteiger partial charge in [-0.05, 0) is 44.9 Å². The van der Waals surface area contributed by atoms with Gasteiger partial charge in [-0.3, -0.25) is 38.4 Å². The van der Waals surface area contributed by atoms with Gasteiger partial charge in [0.1, 0.15) is 105 Å². The molecule has 8 amide bonds. The van der Waals surface area contributed by atoms with Gasteiger partial charge in [0, 0.05) is 40.4 Å². The molecular formula is C67H122N8O32. The predicted octanol–water partition coefficient (Wildman–Crippen LogP) is -7.35.